The molecule has 0 aliphatic rings. The van der Waals surface area contributed by atoms with E-state index in [1.807, 2.05) is 60.7 Å². The molecule has 0 unspecified atom stereocenters. The Morgan fingerprint density at radius 1 is 0.400 bits per heavy atom. The molecule has 0 N–H and O–H groups in total. The molecular weight excluding hydrogens is 450 g/mol. The smallest absolute Gasteiger partial charge is 0.208 e. The van der Waals surface area contributed by atoms with Gasteiger partial charge in [0.2, 0.25) is 5.28 Å². The van der Waals surface area contributed by atoms with Gasteiger partial charge in [-0.05, 0) is 39.2 Å². The van der Waals surface area contributed by atoms with E-state index < -0.39 is 0 Å². The second kappa shape index (κ2) is 9.13. The molecule has 0 aliphatic heterocycles. The van der Waals surface area contributed by atoms with Crippen molar-refractivity contribution in [3.05, 3.63) is 127 Å². The predicted molar refractivity (Wildman–Crippen MR) is 144 cm³/mol. The lowest BCUT2D eigenvalue weighted by Crippen LogP contribution is -1.98. The van der Waals surface area contributed by atoms with Crippen LogP contribution in [0.15, 0.2) is 121 Å². The molecule has 0 radical (unpaired) electrons. The summed E-state index contributed by atoms with van der Waals surface area (Å²) in [6.07, 6.45) is 0. The van der Waals surface area contributed by atoms with Gasteiger partial charge in [0.1, 0.15) is 0 Å². The summed E-state index contributed by atoms with van der Waals surface area (Å²) in [5, 5.41) is 2.38. The first-order valence-corrected chi connectivity index (χ1v) is 11.8. The maximum Gasteiger partial charge on any atom is 0.226 e. The number of halogens is 1. The SMILES string of the molecule is Clc1nc(-c2ccc(-c3ccccc3)cc2)nc(-c2cccc3cccc(-c4ccccc4)c23)n1. The van der Waals surface area contributed by atoms with Crippen molar-refractivity contribution in [2.45, 2.75) is 0 Å². The fraction of sp³-hybridized carbons (Fsp3) is 0. The zero-order valence-electron chi connectivity index (χ0n) is 18.8. The third kappa shape index (κ3) is 4.18. The third-order valence-corrected chi connectivity index (χ3v) is 6.26. The molecule has 0 spiro atoms. The van der Waals surface area contributed by atoms with Gasteiger partial charge in [0, 0.05) is 16.5 Å². The first kappa shape index (κ1) is 21.2. The maximum absolute atomic E-state index is 6.42. The fourth-order valence-corrected chi connectivity index (χ4v) is 4.59. The van der Waals surface area contributed by atoms with Crippen LogP contribution in [-0.4, -0.2) is 15.0 Å². The summed E-state index contributed by atoms with van der Waals surface area (Å²) in [6.45, 7) is 0. The zero-order valence-corrected chi connectivity index (χ0v) is 19.5. The van der Waals surface area contributed by atoms with Crippen LogP contribution in [0.2, 0.25) is 5.28 Å². The number of hydrogen-bond acceptors (Lipinski definition) is 3. The van der Waals surface area contributed by atoms with Crippen molar-refractivity contribution in [1.29, 1.82) is 0 Å². The van der Waals surface area contributed by atoms with Gasteiger partial charge in [0.05, 0.1) is 0 Å². The topological polar surface area (TPSA) is 38.7 Å². The van der Waals surface area contributed by atoms with Crippen LogP contribution in [0.1, 0.15) is 0 Å². The highest BCUT2D eigenvalue weighted by atomic mass is 35.5. The minimum Gasteiger partial charge on any atom is -0.208 e. The molecule has 35 heavy (non-hydrogen) atoms. The molecule has 4 heteroatoms. The number of fused-ring (bicyclic) bond motifs is 1. The molecular formula is C31H20ClN3. The molecule has 166 valence electrons. The van der Waals surface area contributed by atoms with Crippen LogP contribution in [0.4, 0.5) is 0 Å². The van der Waals surface area contributed by atoms with E-state index in [-0.39, 0.29) is 5.28 Å². The lowest BCUT2D eigenvalue weighted by molar-refractivity contribution is 1.07. The molecule has 0 saturated carbocycles. The number of aromatic nitrogens is 3. The van der Waals surface area contributed by atoms with E-state index in [9.17, 15) is 0 Å². The predicted octanol–water partition coefficient (Wildman–Crippen LogP) is 8.35. The molecule has 5 aromatic carbocycles. The Morgan fingerprint density at radius 2 is 0.943 bits per heavy atom. The van der Waals surface area contributed by atoms with Crippen molar-refractivity contribution in [3.8, 4) is 45.0 Å². The van der Waals surface area contributed by atoms with E-state index in [0.717, 1.165) is 44.2 Å². The molecule has 3 nitrogen and oxygen atoms in total. The summed E-state index contributed by atoms with van der Waals surface area (Å²) >= 11 is 6.42. The third-order valence-electron chi connectivity index (χ3n) is 6.09. The van der Waals surface area contributed by atoms with Gasteiger partial charge in [-0.15, -0.1) is 0 Å². The van der Waals surface area contributed by atoms with Gasteiger partial charge in [-0.2, -0.15) is 9.97 Å². The van der Waals surface area contributed by atoms with Crippen LogP contribution in [0.5, 0.6) is 0 Å². The van der Waals surface area contributed by atoms with Crippen LogP contribution in [-0.2, 0) is 0 Å². The van der Waals surface area contributed by atoms with E-state index in [2.05, 4.69) is 70.6 Å². The minimum absolute atomic E-state index is 0.173. The lowest BCUT2D eigenvalue weighted by Gasteiger charge is -2.12. The highest BCUT2D eigenvalue weighted by Gasteiger charge is 2.15. The monoisotopic (exact) mass is 469 g/mol. The second-order valence-electron chi connectivity index (χ2n) is 8.27. The highest BCUT2D eigenvalue weighted by molar-refractivity contribution is 6.28. The number of nitrogens with zero attached hydrogens (tertiary/aromatic N) is 3. The summed E-state index contributed by atoms with van der Waals surface area (Å²) in [7, 11) is 0. The average Bonchev–Trinajstić information content (AvgIpc) is 2.93. The largest absolute Gasteiger partial charge is 0.226 e. The summed E-state index contributed by atoms with van der Waals surface area (Å²) in [4.78, 5) is 13.8. The Hall–Kier alpha value is -4.34. The summed E-state index contributed by atoms with van der Waals surface area (Å²) < 4.78 is 0. The van der Waals surface area contributed by atoms with Crippen LogP contribution in [0.25, 0.3) is 55.8 Å². The van der Waals surface area contributed by atoms with E-state index >= 15 is 0 Å². The Kier molecular flexibility index (Phi) is 5.53. The van der Waals surface area contributed by atoms with Crippen molar-refractivity contribution in [2.75, 3.05) is 0 Å². The molecule has 1 aromatic heterocycles. The average molecular weight is 470 g/mol. The molecule has 0 saturated heterocycles. The van der Waals surface area contributed by atoms with Gasteiger partial charge < -0.3 is 0 Å². The Morgan fingerprint density at radius 3 is 1.63 bits per heavy atom. The van der Waals surface area contributed by atoms with Gasteiger partial charge in [0.15, 0.2) is 11.6 Å². The number of benzene rings is 5. The van der Waals surface area contributed by atoms with Gasteiger partial charge in [-0.25, -0.2) is 4.98 Å². The molecule has 1 heterocycles. The van der Waals surface area contributed by atoms with Gasteiger partial charge in [-0.1, -0.05) is 121 Å². The standard InChI is InChI=1S/C31H20ClN3/c32-31-34-29(25-19-17-22(18-20-25)21-9-3-1-4-10-21)33-30(35-31)27-16-8-14-24-13-7-15-26(28(24)27)23-11-5-2-6-12-23/h1-20H. The molecule has 0 aliphatic carbocycles. The van der Waals surface area contributed by atoms with Crippen LogP contribution in [0.3, 0.4) is 0 Å². The Labute approximate surface area is 208 Å². The summed E-state index contributed by atoms with van der Waals surface area (Å²) in [5.74, 6) is 1.11. The van der Waals surface area contributed by atoms with E-state index in [1.165, 1.54) is 0 Å². The van der Waals surface area contributed by atoms with Crippen molar-refractivity contribution < 1.29 is 0 Å². The highest BCUT2D eigenvalue weighted by Crippen LogP contribution is 2.36. The van der Waals surface area contributed by atoms with Crippen molar-refractivity contribution in [2.24, 2.45) is 0 Å². The maximum atomic E-state index is 6.42. The van der Waals surface area contributed by atoms with Crippen LogP contribution >= 0.6 is 11.6 Å². The molecule has 0 fully saturated rings. The fourth-order valence-electron chi connectivity index (χ4n) is 4.43. The normalized spacial score (nSPS) is 11.0. The van der Waals surface area contributed by atoms with Crippen molar-refractivity contribution in [3.63, 3.8) is 0 Å². The summed E-state index contributed by atoms with van der Waals surface area (Å²) in [5.41, 5.74) is 6.38. The van der Waals surface area contributed by atoms with Crippen molar-refractivity contribution in [1.82, 2.24) is 15.0 Å². The van der Waals surface area contributed by atoms with Crippen LogP contribution in [0, 0.1) is 0 Å². The minimum atomic E-state index is 0.173. The molecule has 6 rings (SSSR count). The van der Waals surface area contributed by atoms with E-state index in [0.29, 0.717) is 11.6 Å². The molecule has 0 bridgehead atoms. The quantitative estimate of drug-likeness (QED) is 0.260. The number of rotatable bonds is 4. The lowest BCUT2D eigenvalue weighted by atomic mass is 9.94. The van der Waals surface area contributed by atoms with E-state index in [1.54, 1.807) is 0 Å². The van der Waals surface area contributed by atoms with Gasteiger partial charge in [0.25, 0.3) is 0 Å². The first-order chi connectivity index (χ1) is 17.3. The second-order valence-corrected chi connectivity index (χ2v) is 8.61. The van der Waals surface area contributed by atoms with Crippen LogP contribution < -0.4 is 0 Å². The zero-order chi connectivity index (χ0) is 23.6. The molecule has 0 amide bonds. The Balaban J connectivity index is 1.48. The number of hydrogen-bond donors (Lipinski definition) is 0. The molecule has 0 atom stereocenters. The van der Waals surface area contributed by atoms with Crippen molar-refractivity contribution >= 4 is 22.4 Å². The van der Waals surface area contributed by atoms with Gasteiger partial charge in [-0.3, -0.25) is 0 Å². The first-order valence-electron chi connectivity index (χ1n) is 11.4. The molecule has 6 aromatic rings. The Bertz CT molecular complexity index is 1620. The van der Waals surface area contributed by atoms with Gasteiger partial charge >= 0.3 is 0 Å². The van der Waals surface area contributed by atoms with E-state index in [4.69, 9.17) is 16.6 Å². The summed E-state index contributed by atoms with van der Waals surface area (Å²) in [6, 6.07) is 41.3.